The summed E-state index contributed by atoms with van der Waals surface area (Å²) in [6.45, 7) is -0.876. The van der Waals surface area contributed by atoms with Gasteiger partial charge in [-0.15, -0.1) is 0 Å². The van der Waals surface area contributed by atoms with Crippen molar-refractivity contribution in [3.8, 4) is 0 Å². The van der Waals surface area contributed by atoms with Gasteiger partial charge in [0.2, 0.25) is 0 Å². The zero-order chi connectivity index (χ0) is 21.5. The smallest absolute Gasteiger partial charge is 0.416 e. The Morgan fingerprint density at radius 2 is 1.79 bits per heavy atom. The first-order valence-electron chi connectivity index (χ1n) is 7.64. The standard InChI is InChI=1S/C17H8F6N2O3S/c18-9-5-10-14(13(20)12(9)19)29-16(25(10)6-11(26)27)24-15(28)7-2-1-3-8(4-7)17(21,22)23/h1-5H,6H2,(H,26,27). The highest BCUT2D eigenvalue weighted by molar-refractivity contribution is 7.16. The van der Waals surface area contributed by atoms with Crippen LogP contribution in [0.2, 0.25) is 0 Å². The van der Waals surface area contributed by atoms with E-state index in [0.717, 1.165) is 22.8 Å². The van der Waals surface area contributed by atoms with Crippen LogP contribution in [0.4, 0.5) is 26.3 Å². The second kappa shape index (κ2) is 7.35. The minimum Gasteiger partial charge on any atom is -0.480 e. The van der Waals surface area contributed by atoms with Crippen molar-refractivity contribution < 1.29 is 41.0 Å². The fourth-order valence-electron chi connectivity index (χ4n) is 2.46. The van der Waals surface area contributed by atoms with Crippen LogP contribution >= 0.6 is 11.3 Å². The van der Waals surface area contributed by atoms with Crippen molar-refractivity contribution in [3.63, 3.8) is 0 Å². The third-order valence-corrected chi connectivity index (χ3v) is 4.83. The van der Waals surface area contributed by atoms with Crippen molar-refractivity contribution in [2.75, 3.05) is 0 Å². The lowest BCUT2D eigenvalue weighted by Crippen LogP contribution is -2.21. The van der Waals surface area contributed by atoms with Crippen LogP contribution in [0.1, 0.15) is 15.9 Å². The van der Waals surface area contributed by atoms with Crippen LogP contribution < -0.4 is 4.80 Å². The topological polar surface area (TPSA) is 71.7 Å². The lowest BCUT2D eigenvalue weighted by Gasteiger charge is -2.06. The number of amides is 1. The molecule has 0 radical (unpaired) electrons. The molecule has 0 saturated carbocycles. The summed E-state index contributed by atoms with van der Waals surface area (Å²) in [7, 11) is 0. The van der Waals surface area contributed by atoms with Crippen molar-refractivity contribution >= 4 is 33.4 Å². The Bertz CT molecular complexity index is 1210. The molecule has 0 aliphatic carbocycles. The first kappa shape index (κ1) is 20.6. The number of carbonyl (C=O) groups excluding carboxylic acids is 1. The van der Waals surface area contributed by atoms with E-state index in [9.17, 15) is 35.9 Å². The van der Waals surface area contributed by atoms with Gasteiger partial charge in [0.15, 0.2) is 22.3 Å². The highest BCUT2D eigenvalue weighted by Gasteiger charge is 2.31. The number of alkyl halides is 3. The van der Waals surface area contributed by atoms with Crippen LogP contribution in [0.25, 0.3) is 10.2 Å². The number of carboxylic acids is 1. The molecule has 3 rings (SSSR count). The average Bonchev–Trinajstić information content (AvgIpc) is 2.96. The fraction of sp³-hybridized carbons (Fsp3) is 0.118. The maximum Gasteiger partial charge on any atom is 0.416 e. The summed E-state index contributed by atoms with van der Waals surface area (Å²) in [5, 5.41) is 9.01. The molecule has 5 nitrogen and oxygen atoms in total. The molecule has 12 heteroatoms. The van der Waals surface area contributed by atoms with E-state index in [1.165, 1.54) is 0 Å². The molecule has 29 heavy (non-hydrogen) atoms. The third kappa shape index (κ3) is 4.01. The van der Waals surface area contributed by atoms with Gasteiger partial charge < -0.3 is 9.67 Å². The van der Waals surface area contributed by atoms with Crippen LogP contribution in [-0.4, -0.2) is 21.6 Å². The second-order valence-electron chi connectivity index (χ2n) is 5.69. The molecule has 0 aliphatic rings. The number of hydrogen-bond donors (Lipinski definition) is 1. The number of aliphatic carboxylic acids is 1. The molecular formula is C17H8F6N2O3S. The Morgan fingerprint density at radius 1 is 1.10 bits per heavy atom. The number of rotatable bonds is 3. The maximum absolute atomic E-state index is 14.0. The van der Waals surface area contributed by atoms with E-state index < -0.39 is 62.7 Å². The molecule has 152 valence electrons. The zero-order valence-electron chi connectivity index (χ0n) is 13.9. The van der Waals surface area contributed by atoms with Gasteiger partial charge in [-0.05, 0) is 18.2 Å². The summed E-state index contributed by atoms with van der Waals surface area (Å²) in [4.78, 5) is 26.5. The van der Waals surface area contributed by atoms with Crippen molar-refractivity contribution in [2.45, 2.75) is 12.7 Å². The summed E-state index contributed by atoms with van der Waals surface area (Å²) < 4.78 is 79.7. The number of benzene rings is 2. The molecule has 1 aromatic heterocycles. The molecule has 0 bridgehead atoms. The van der Waals surface area contributed by atoms with E-state index in [2.05, 4.69) is 4.99 Å². The van der Waals surface area contributed by atoms with Gasteiger partial charge in [0.05, 0.1) is 15.8 Å². The predicted octanol–water partition coefficient (Wildman–Crippen LogP) is 3.96. The summed E-state index contributed by atoms with van der Waals surface area (Å²) in [5.74, 6) is -7.61. The van der Waals surface area contributed by atoms with E-state index in [-0.39, 0.29) is 5.52 Å². The van der Waals surface area contributed by atoms with E-state index in [4.69, 9.17) is 5.11 Å². The number of nitrogens with zero attached hydrogens (tertiary/aromatic N) is 2. The lowest BCUT2D eigenvalue weighted by atomic mass is 10.1. The molecule has 0 atom stereocenters. The summed E-state index contributed by atoms with van der Waals surface area (Å²) >= 11 is 0.356. The number of aromatic nitrogens is 1. The average molecular weight is 434 g/mol. The SMILES string of the molecule is O=C(O)Cn1c(=NC(=O)c2cccc(C(F)(F)F)c2)sc2c(F)c(F)c(F)cc21. The molecule has 0 spiro atoms. The number of thiazole rings is 1. The zero-order valence-corrected chi connectivity index (χ0v) is 14.7. The highest BCUT2D eigenvalue weighted by atomic mass is 32.1. The van der Waals surface area contributed by atoms with Crippen molar-refractivity contribution in [1.29, 1.82) is 0 Å². The van der Waals surface area contributed by atoms with Gasteiger partial charge in [0.1, 0.15) is 6.54 Å². The van der Waals surface area contributed by atoms with Crippen LogP contribution in [0.15, 0.2) is 35.3 Å². The van der Waals surface area contributed by atoms with Gasteiger partial charge in [0, 0.05) is 11.6 Å². The molecule has 0 unspecified atom stereocenters. The lowest BCUT2D eigenvalue weighted by molar-refractivity contribution is -0.138. The molecular weight excluding hydrogens is 426 g/mol. The van der Waals surface area contributed by atoms with Crippen LogP contribution in [0.3, 0.4) is 0 Å². The molecule has 0 aliphatic heterocycles. The highest BCUT2D eigenvalue weighted by Crippen LogP contribution is 2.30. The van der Waals surface area contributed by atoms with E-state index in [0.29, 0.717) is 23.5 Å². The van der Waals surface area contributed by atoms with Gasteiger partial charge >= 0.3 is 12.1 Å². The van der Waals surface area contributed by atoms with E-state index in [1.54, 1.807) is 0 Å². The van der Waals surface area contributed by atoms with Gasteiger partial charge in [-0.3, -0.25) is 9.59 Å². The summed E-state index contributed by atoms with van der Waals surface area (Å²) in [6, 6.07) is 3.85. The minimum absolute atomic E-state index is 0.356. The Labute approximate surface area is 161 Å². The van der Waals surface area contributed by atoms with Crippen molar-refractivity contribution in [2.24, 2.45) is 4.99 Å². The number of halogens is 6. The quantitative estimate of drug-likeness (QED) is 0.501. The molecule has 3 aromatic rings. The Hall–Kier alpha value is -3.15. The molecule has 2 aromatic carbocycles. The van der Waals surface area contributed by atoms with Crippen molar-refractivity contribution in [1.82, 2.24) is 4.57 Å². The van der Waals surface area contributed by atoms with Crippen LogP contribution in [0, 0.1) is 17.5 Å². The molecule has 1 heterocycles. The van der Waals surface area contributed by atoms with Gasteiger partial charge in [-0.25, -0.2) is 13.2 Å². The number of carboxylic acid groups (broad SMARTS) is 1. The predicted molar refractivity (Wildman–Crippen MR) is 88.7 cm³/mol. The largest absolute Gasteiger partial charge is 0.480 e. The minimum atomic E-state index is -4.71. The monoisotopic (exact) mass is 434 g/mol. The first-order chi connectivity index (χ1) is 13.5. The summed E-state index contributed by atoms with van der Waals surface area (Å²) in [5.41, 5.74) is -1.94. The normalized spacial score (nSPS) is 12.6. The first-order valence-corrected chi connectivity index (χ1v) is 8.45. The van der Waals surface area contributed by atoms with E-state index in [1.807, 2.05) is 0 Å². The van der Waals surface area contributed by atoms with Crippen molar-refractivity contribution in [3.05, 3.63) is 63.7 Å². The number of carbonyl (C=O) groups is 2. The number of fused-ring (bicyclic) bond motifs is 1. The Balaban J connectivity index is 2.20. The van der Waals surface area contributed by atoms with Crippen LogP contribution in [-0.2, 0) is 17.5 Å². The molecule has 1 N–H and O–H groups in total. The maximum atomic E-state index is 14.0. The second-order valence-corrected chi connectivity index (χ2v) is 6.67. The fourth-order valence-corrected chi connectivity index (χ4v) is 3.50. The molecule has 0 saturated heterocycles. The van der Waals surface area contributed by atoms with Gasteiger partial charge in [-0.1, -0.05) is 17.4 Å². The van der Waals surface area contributed by atoms with E-state index >= 15 is 0 Å². The Morgan fingerprint density at radius 3 is 2.41 bits per heavy atom. The van der Waals surface area contributed by atoms with Crippen LogP contribution in [0.5, 0.6) is 0 Å². The molecule has 0 fully saturated rings. The van der Waals surface area contributed by atoms with Gasteiger partial charge in [0.25, 0.3) is 5.91 Å². The Kier molecular flexibility index (Phi) is 5.22. The third-order valence-electron chi connectivity index (χ3n) is 3.74. The summed E-state index contributed by atoms with van der Waals surface area (Å²) in [6.07, 6.45) is -4.71. The van der Waals surface area contributed by atoms with Gasteiger partial charge in [-0.2, -0.15) is 18.2 Å². The number of hydrogen-bond acceptors (Lipinski definition) is 3. The molecule has 1 amide bonds.